The van der Waals surface area contributed by atoms with Crippen molar-refractivity contribution in [1.82, 2.24) is 0 Å². The Hall–Kier alpha value is -1.71. The number of anilines is 3. The SMILES string of the molecule is CC1(C)CCCCC1Nc1cc2c(cc1N)CCC(=O)N2. The molecule has 1 atom stereocenters. The number of carbonyl (C=O) groups is 1. The van der Waals surface area contributed by atoms with Gasteiger partial charge in [0, 0.05) is 18.2 Å². The van der Waals surface area contributed by atoms with Gasteiger partial charge in [0.05, 0.1) is 11.4 Å². The lowest BCUT2D eigenvalue weighted by Gasteiger charge is -2.40. The molecule has 114 valence electrons. The van der Waals surface area contributed by atoms with Crippen LogP contribution in [0.5, 0.6) is 0 Å². The summed E-state index contributed by atoms with van der Waals surface area (Å²) in [5, 5.41) is 6.58. The summed E-state index contributed by atoms with van der Waals surface area (Å²) in [6, 6.07) is 4.45. The van der Waals surface area contributed by atoms with Gasteiger partial charge in [0.2, 0.25) is 5.91 Å². The molecule has 1 aliphatic carbocycles. The van der Waals surface area contributed by atoms with Crippen LogP contribution >= 0.6 is 0 Å². The van der Waals surface area contributed by atoms with Gasteiger partial charge in [0.25, 0.3) is 0 Å². The molecule has 0 spiro atoms. The number of hydrogen-bond acceptors (Lipinski definition) is 3. The number of amides is 1. The Morgan fingerprint density at radius 3 is 2.86 bits per heavy atom. The van der Waals surface area contributed by atoms with Crippen molar-refractivity contribution >= 4 is 23.0 Å². The molecule has 1 unspecified atom stereocenters. The fourth-order valence-corrected chi connectivity index (χ4v) is 3.52. The molecule has 0 aromatic heterocycles. The van der Waals surface area contributed by atoms with Gasteiger partial charge in [0.15, 0.2) is 0 Å². The molecular weight excluding hydrogens is 262 g/mol. The number of carbonyl (C=O) groups excluding carboxylic acids is 1. The summed E-state index contributed by atoms with van der Waals surface area (Å²) in [6.07, 6.45) is 6.32. The number of nitrogens with two attached hydrogens (primary N) is 1. The van der Waals surface area contributed by atoms with Crippen molar-refractivity contribution in [2.24, 2.45) is 5.41 Å². The van der Waals surface area contributed by atoms with Crippen LogP contribution in [0.1, 0.15) is 51.5 Å². The van der Waals surface area contributed by atoms with Crippen molar-refractivity contribution in [2.45, 2.75) is 58.4 Å². The maximum atomic E-state index is 11.6. The highest BCUT2D eigenvalue weighted by Crippen LogP contribution is 2.39. The smallest absolute Gasteiger partial charge is 0.224 e. The van der Waals surface area contributed by atoms with Gasteiger partial charge in [-0.25, -0.2) is 0 Å². The molecule has 1 saturated carbocycles. The molecule has 4 N–H and O–H groups in total. The Morgan fingerprint density at radius 1 is 1.29 bits per heavy atom. The zero-order valence-electron chi connectivity index (χ0n) is 13.0. The average molecular weight is 287 g/mol. The van der Waals surface area contributed by atoms with Crippen LogP contribution in [-0.4, -0.2) is 11.9 Å². The van der Waals surface area contributed by atoms with Crippen molar-refractivity contribution in [2.75, 3.05) is 16.4 Å². The van der Waals surface area contributed by atoms with E-state index in [0.29, 0.717) is 12.5 Å². The predicted octanol–water partition coefficient (Wildman–Crippen LogP) is 3.53. The van der Waals surface area contributed by atoms with Crippen LogP contribution in [0.3, 0.4) is 0 Å². The van der Waals surface area contributed by atoms with Gasteiger partial charge in [-0.2, -0.15) is 0 Å². The fraction of sp³-hybridized carbons (Fsp3) is 0.588. The Morgan fingerprint density at radius 2 is 2.10 bits per heavy atom. The second-order valence-corrected chi connectivity index (χ2v) is 7.08. The second-order valence-electron chi connectivity index (χ2n) is 7.08. The molecule has 0 radical (unpaired) electrons. The highest BCUT2D eigenvalue weighted by molar-refractivity contribution is 5.95. The van der Waals surface area contributed by atoms with Crippen LogP contribution in [0, 0.1) is 5.41 Å². The van der Waals surface area contributed by atoms with Gasteiger partial charge in [-0.3, -0.25) is 4.79 Å². The van der Waals surface area contributed by atoms with Crippen molar-refractivity contribution in [3.8, 4) is 0 Å². The summed E-state index contributed by atoms with van der Waals surface area (Å²) in [6.45, 7) is 4.64. The van der Waals surface area contributed by atoms with E-state index >= 15 is 0 Å². The minimum Gasteiger partial charge on any atom is -0.397 e. The summed E-state index contributed by atoms with van der Waals surface area (Å²) in [7, 11) is 0. The van der Waals surface area contributed by atoms with Crippen molar-refractivity contribution < 1.29 is 4.79 Å². The van der Waals surface area contributed by atoms with Gasteiger partial charge >= 0.3 is 0 Å². The molecule has 1 fully saturated rings. The fourth-order valence-electron chi connectivity index (χ4n) is 3.52. The maximum Gasteiger partial charge on any atom is 0.224 e. The number of aryl methyl sites for hydroxylation is 1. The van der Waals surface area contributed by atoms with Gasteiger partial charge in [-0.1, -0.05) is 26.7 Å². The van der Waals surface area contributed by atoms with Crippen molar-refractivity contribution in [3.63, 3.8) is 0 Å². The van der Waals surface area contributed by atoms with E-state index < -0.39 is 0 Å². The van der Waals surface area contributed by atoms with Crippen molar-refractivity contribution in [1.29, 1.82) is 0 Å². The number of nitrogens with one attached hydrogen (secondary N) is 2. The maximum absolute atomic E-state index is 11.6. The molecule has 0 saturated heterocycles. The third kappa shape index (κ3) is 2.85. The monoisotopic (exact) mass is 287 g/mol. The zero-order chi connectivity index (χ0) is 15.0. The van der Waals surface area contributed by atoms with Gasteiger partial charge in [-0.15, -0.1) is 0 Å². The molecule has 1 aromatic rings. The first-order chi connectivity index (χ1) is 9.95. The molecule has 2 aliphatic rings. The van der Waals surface area contributed by atoms with Gasteiger partial charge < -0.3 is 16.4 Å². The van der Waals surface area contributed by atoms with Crippen LogP contribution < -0.4 is 16.4 Å². The van der Waals surface area contributed by atoms with E-state index in [-0.39, 0.29) is 11.3 Å². The molecule has 1 amide bonds. The van der Waals surface area contributed by atoms with E-state index in [1.165, 1.54) is 25.7 Å². The van der Waals surface area contributed by atoms with E-state index in [2.05, 4.69) is 24.5 Å². The number of benzene rings is 1. The van der Waals surface area contributed by atoms with Crippen LogP contribution in [0.25, 0.3) is 0 Å². The molecule has 0 bridgehead atoms. The minimum absolute atomic E-state index is 0.0937. The Balaban J connectivity index is 1.85. The van der Waals surface area contributed by atoms with E-state index in [9.17, 15) is 4.79 Å². The molecule has 1 aromatic carbocycles. The van der Waals surface area contributed by atoms with E-state index in [0.717, 1.165) is 29.0 Å². The van der Waals surface area contributed by atoms with E-state index in [1.54, 1.807) is 0 Å². The first kappa shape index (κ1) is 14.2. The lowest BCUT2D eigenvalue weighted by Crippen LogP contribution is -2.39. The number of fused-ring (bicyclic) bond motifs is 1. The zero-order valence-corrected chi connectivity index (χ0v) is 13.0. The van der Waals surface area contributed by atoms with Crippen LogP contribution in [-0.2, 0) is 11.2 Å². The summed E-state index contributed by atoms with van der Waals surface area (Å²) < 4.78 is 0. The molecule has 1 aliphatic heterocycles. The predicted molar refractivity (Wildman–Crippen MR) is 87.5 cm³/mol. The quantitative estimate of drug-likeness (QED) is 0.729. The molecule has 3 rings (SSSR count). The van der Waals surface area contributed by atoms with Gasteiger partial charge in [-0.05, 0) is 42.4 Å². The molecule has 4 nitrogen and oxygen atoms in total. The molecule has 4 heteroatoms. The number of nitrogen functional groups attached to an aromatic ring is 1. The Labute approximate surface area is 126 Å². The Kier molecular flexibility index (Phi) is 3.56. The topological polar surface area (TPSA) is 67.1 Å². The molecule has 21 heavy (non-hydrogen) atoms. The Bertz CT molecular complexity index is 565. The summed E-state index contributed by atoms with van der Waals surface area (Å²) in [4.78, 5) is 11.6. The van der Waals surface area contributed by atoms with E-state index in [4.69, 9.17) is 5.73 Å². The normalized spacial score (nSPS) is 24.1. The third-order valence-corrected chi connectivity index (χ3v) is 5.01. The summed E-state index contributed by atoms with van der Waals surface area (Å²) >= 11 is 0. The third-order valence-electron chi connectivity index (χ3n) is 5.01. The van der Waals surface area contributed by atoms with Crippen LogP contribution in [0.2, 0.25) is 0 Å². The second kappa shape index (κ2) is 5.24. The average Bonchev–Trinajstić information content (AvgIpc) is 2.42. The standard InChI is InChI=1S/C17H25N3O/c1-17(2)8-4-3-5-15(17)19-14-10-13-11(9-12(14)18)6-7-16(21)20-13/h9-10,15,19H,3-8,18H2,1-2H3,(H,20,21). The first-order valence-electron chi connectivity index (χ1n) is 7.94. The van der Waals surface area contributed by atoms with Gasteiger partial charge in [0.1, 0.15) is 0 Å². The van der Waals surface area contributed by atoms with E-state index in [1.807, 2.05) is 12.1 Å². The highest BCUT2D eigenvalue weighted by atomic mass is 16.1. The summed E-state index contributed by atoms with van der Waals surface area (Å²) in [5.74, 6) is 0.0937. The summed E-state index contributed by atoms with van der Waals surface area (Å²) in [5.41, 5.74) is 10.3. The lowest BCUT2D eigenvalue weighted by atomic mass is 9.73. The van der Waals surface area contributed by atoms with Crippen LogP contribution in [0.15, 0.2) is 12.1 Å². The number of hydrogen-bond donors (Lipinski definition) is 3. The van der Waals surface area contributed by atoms with Crippen LogP contribution in [0.4, 0.5) is 17.1 Å². The first-order valence-corrected chi connectivity index (χ1v) is 7.94. The molecule has 1 heterocycles. The lowest BCUT2D eigenvalue weighted by molar-refractivity contribution is -0.116. The largest absolute Gasteiger partial charge is 0.397 e. The highest BCUT2D eigenvalue weighted by Gasteiger charge is 2.32. The van der Waals surface area contributed by atoms with Crippen molar-refractivity contribution in [3.05, 3.63) is 17.7 Å². The molecular formula is C17H25N3O. The minimum atomic E-state index is 0.0937. The number of rotatable bonds is 2.